The van der Waals surface area contributed by atoms with Crippen molar-refractivity contribution in [1.29, 1.82) is 0 Å². The molecule has 10 aromatic rings. The summed E-state index contributed by atoms with van der Waals surface area (Å²) < 4.78 is 2.61. The molecular weight excluding hydrogens is 731 g/mol. The predicted octanol–water partition coefficient (Wildman–Crippen LogP) is 16.5. The van der Waals surface area contributed by atoms with Gasteiger partial charge in [0.15, 0.2) is 0 Å². The smallest absolute Gasteiger partial charge is 0.0547 e. The van der Waals surface area contributed by atoms with Crippen LogP contribution in [0.1, 0.15) is 25.0 Å². The maximum Gasteiger partial charge on any atom is 0.0547 e. The largest absolute Gasteiger partial charge is 0.309 e. The van der Waals surface area contributed by atoms with Gasteiger partial charge in [-0.05, 0) is 68.8 Å². The summed E-state index contributed by atoms with van der Waals surface area (Å²) in [6, 6.07) is 78.2. The van der Waals surface area contributed by atoms with E-state index >= 15 is 0 Å². The van der Waals surface area contributed by atoms with Gasteiger partial charge in [-0.15, -0.1) is 11.3 Å². The Labute approximate surface area is 350 Å². The molecule has 280 valence electrons. The molecule has 0 N–H and O–H groups in total. The number of thiophene rings is 1. The van der Waals surface area contributed by atoms with Gasteiger partial charge in [0.2, 0.25) is 0 Å². The van der Waals surface area contributed by atoms with Crippen LogP contribution in [-0.4, -0.2) is 0 Å². The molecule has 0 spiro atoms. The number of benzene rings is 9. The van der Waals surface area contributed by atoms with Crippen LogP contribution in [0, 0.1) is 0 Å². The SMILES string of the molecule is CC1(C)c2ccccc2-c2c(N(c3ccccc3-c3cccc4c3sc3ccccc34)c3cccc(-c4ccccc4)c3-c3ccccc3-c3ccccc3)cccc21. The summed E-state index contributed by atoms with van der Waals surface area (Å²) in [6.45, 7) is 4.75. The molecule has 9 aromatic carbocycles. The predicted molar refractivity (Wildman–Crippen MR) is 253 cm³/mol. The zero-order chi connectivity index (χ0) is 39.5. The summed E-state index contributed by atoms with van der Waals surface area (Å²) in [6.07, 6.45) is 0. The van der Waals surface area contributed by atoms with E-state index in [9.17, 15) is 0 Å². The van der Waals surface area contributed by atoms with Gasteiger partial charge in [0.1, 0.15) is 0 Å². The van der Waals surface area contributed by atoms with Crippen LogP contribution in [0.25, 0.3) is 75.8 Å². The molecule has 1 aromatic heterocycles. The van der Waals surface area contributed by atoms with Crippen LogP contribution in [0.4, 0.5) is 17.1 Å². The van der Waals surface area contributed by atoms with E-state index in [1.807, 2.05) is 11.3 Å². The van der Waals surface area contributed by atoms with Crippen molar-refractivity contribution in [1.82, 2.24) is 0 Å². The monoisotopic (exact) mass is 771 g/mol. The zero-order valence-corrected chi connectivity index (χ0v) is 33.9. The second kappa shape index (κ2) is 14.1. The molecule has 11 rings (SSSR count). The second-order valence-electron chi connectivity index (χ2n) is 16.0. The van der Waals surface area contributed by atoms with E-state index in [2.05, 4.69) is 231 Å². The lowest BCUT2D eigenvalue weighted by atomic mass is 9.82. The van der Waals surface area contributed by atoms with Crippen molar-refractivity contribution in [2.45, 2.75) is 19.3 Å². The topological polar surface area (TPSA) is 3.24 Å². The number of nitrogens with zero attached hydrogens (tertiary/aromatic N) is 1. The van der Waals surface area contributed by atoms with Crippen molar-refractivity contribution < 1.29 is 0 Å². The average Bonchev–Trinajstić information content (AvgIpc) is 3.80. The first-order chi connectivity index (χ1) is 29.1. The molecule has 1 heterocycles. The van der Waals surface area contributed by atoms with Crippen LogP contribution in [0.2, 0.25) is 0 Å². The van der Waals surface area contributed by atoms with Crippen LogP contribution in [0.5, 0.6) is 0 Å². The zero-order valence-electron chi connectivity index (χ0n) is 33.1. The third-order valence-electron chi connectivity index (χ3n) is 12.3. The molecule has 1 aliphatic rings. The molecule has 59 heavy (non-hydrogen) atoms. The van der Waals surface area contributed by atoms with Gasteiger partial charge in [-0.25, -0.2) is 0 Å². The fourth-order valence-corrected chi connectivity index (χ4v) is 10.8. The molecule has 0 saturated heterocycles. The van der Waals surface area contributed by atoms with Crippen LogP contribution in [0.15, 0.2) is 212 Å². The van der Waals surface area contributed by atoms with E-state index in [4.69, 9.17) is 0 Å². The van der Waals surface area contributed by atoms with Crippen molar-refractivity contribution in [3.05, 3.63) is 223 Å². The third kappa shape index (κ3) is 5.67. The molecule has 0 fully saturated rings. The van der Waals surface area contributed by atoms with Crippen molar-refractivity contribution in [2.24, 2.45) is 0 Å². The highest BCUT2D eigenvalue weighted by atomic mass is 32.1. The first-order valence-electron chi connectivity index (χ1n) is 20.4. The van der Waals surface area contributed by atoms with Crippen molar-refractivity contribution in [2.75, 3.05) is 4.90 Å². The lowest BCUT2D eigenvalue weighted by Gasteiger charge is -2.33. The van der Waals surface area contributed by atoms with Crippen LogP contribution in [0.3, 0.4) is 0 Å². The van der Waals surface area contributed by atoms with Gasteiger partial charge in [-0.1, -0.05) is 202 Å². The molecule has 0 saturated carbocycles. The molecule has 2 heteroatoms. The molecule has 1 nitrogen and oxygen atoms in total. The lowest BCUT2D eigenvalue weighted by Crippen LogP contribution is -2.17. The van der Waals surface area contributed by atoms with Crippen LogP contribution < -0.4 is 4.90 Å². The van der Waals surface area contributed by atoms with E-state index in [0.717, 1.165) is 11.4 Å². The normalized spacial score (nSPS) is 12.7. The Morgan fingerprint density at radius 1 is 0.339 bits per heavy atom. The Morgan fingerprint density at radius 2 is 0.831 bits per heavy atom. The average molecular weight is 772 g/mol. The van der Waals surface area contributed by atoms with Crippen molar-refractivity contribution >= 4 is 48.6 Å². The minimum absolute atomic E-state index is 0.162. The van der Waals surface area contributed by atoms with Crippen molar-refractivity contribution in [3.63, 3.8) is 0 Å². The van der Waals surface area contributed by atoms with Gasteiger partial charge in [-0.2, -0.15) is 0 Å². The second-order valence-corrected chi connectivity index (χ2v) is 17.0. The van der Waals surface area contributed by atoms with Gasteiger partial charge in [-0.3, -0.25) is 0 Å². The molecule has 0 atom stereocenters. The molecule has 0 amide bonds. The summed E-state index contributed by atoms with van der Waals surface area (Å²) in [4.78, 5) is 2.59. The number of hydrogen-bond donors (Lipinski definition) is 0. The van der Waals surface area contributed by atoms with Gasteiger partial charge < -0.3 is 4.90 Å². The Hall–Kier alpha value is -7.00. The first-order valence-corrected chi connectivity index (χ1v) is 21.3. The molecule has 0 bridgehead atoms. The Bertz CT molecular complexity index is 3190. The Balaban J connectivity index is 1.28. The van der Waals surface area contributed by atoms with Gasteiger partial charge in [0, 0.05) is 47.8 Å². The minimum atomic E-state index is -0.162. The number of anilines is 3. The molecule has 1 aliphatic carbocycles. The minimum Gasteiger partial charge on any atom is -0.309 e. The van der Waals surface area contributed by atoms with E-state index in [1.54, 1.807) is 0 Å². The number of para-hydroxylation sites is 1. The van der Waals surface area contributed by atoms with Crippen LogP contribution >= 0.6 is 11.3 Å². The molecule has 0 aliphatic heterocycles. The van der Waals surface area contributed by atoms with E-state index in [-0.39, 0.29) is 5.41 Å². The Kier molecular flexibility index (Phi) is 8.43. The van der Waals surface area contributed by atoms with Crippen molar-refractivity contribution in [3.8, 4) is 55.6 Å². The Morgan fingerprint density at radius 3 is 1.61 bits per heavy atom. The standard InChI is InChI=1S/C57H41NS/c1-57(2)48-32-14-11-28-47(48)55-49(57)33-19-36-52(55)58(50-34-15-12-25-42(50)45-30-17-31-46-43-26-13-16-37-53(43)59-56(45)46)51-35-18-29-41(39-22-7-4-8-23-39)54(51)44-27-10-9-24-40(44)38-20-5-3-6-21-38/h3-37H,1-2H3. The maximum atomic E-state index is 2.59. The molecule has 0 unspecified atom stereocenters. The number of rotatable bonds is 7. The van der Waals surface area contributed by atoms with E-state index in [0.29, 0.717) is 0 Å². The fraction of sp³-hybridized carbons (Fsp3) is 0.0526. The van der Waals surface area contributed by atoms with Gasteiger partial charge in [0.05, 0.1) is 17.1 Å². The quantitative estimate of drug-likeness (QED) is 0.156. The van der Waals surface area contributed by atoms with E-state index < -0.39 is 0 Å². The number of hydrogen-bond acceptors (Lipinski definition) is 2. The lowest BCUT2D eigenvalue weighted by molar-refractivity contribution is 0.660. The van der Waals surface area contributed by atoms with Crippen LogP contribution in [-0.2, 0) is 5.41 Å². The molecule has 0 radical (unpaired) electrons. The molecular formula is C57H41NS. The summed E-state index contributed by atoms with van der Waals surface area (Å²) in [7, 11) is 0. The summed E-state index contributed by atoms with van der Waals surface area (Å²) in [5, 5.41) is 2.60. The maximum absolute atomic E-state index is 2.59. The summed E-state index contributed by atoms with van der Waals surface area (Å²) in [5.41, 5.74) is 18.1. The first kappa shape index (κ1) is 35.2. The highest BCUT2D eigenvalue weighted by molar-refractivity contribution is 7.26. The van der Waals surface area contributed by atoms with Gasteiger partial charge >= 0.3 is 0 Å². The van der Waals surface area contributed by atoms with E-state index in [1.165, 1.54) is 92.6 Å². The highest BCUT2D eigenvalue weighted by Gasteiger charge is 2.38. The summed E-state index contributed by atoms with van der Waals surface area (Å²) in [5.74, 6) is 0. The number of fused-ring (bicyclic) bond motifs is 6. The summed E-state index contributed by atoms with van der Waals surface area (Å²) >= 11 is 1.89. The van der Waals surface area contributed by atoms with Gasteiger partial charge in [0.25, 0.3) is 0 Å². The third-order valence-corrected chi connectivity index (χ3v) is 13.5. The highest BCUT2D eigenvalue weighted by Crippen LogP contribution is 2.57. The fourth-order valence-electron chi connectivity index (χ4n) is 9.60.